The molecule has 3 aromatic heterocycles. The predicted molar refractivity (Wildman–Crippen MR) is 155 cm³/mol. The van der Waals surface area contributed by atoms with Gasteiger partial charge in [-0.25, -0.2) is 20.1 Å². The highest BCUT2D eigenvalue weighted by atomic mass is 35.5. The SMILES string of the molecule is O=C(CSc1ncnc2sc3c(c12)CCCC3)NN=Cc1nn(-c2ccccc2)cc1-c1ccc(Cl)cc1. The summed E-state index contributed by atoms with van der Waals surface area (Å²) in [7, 11) is 0. The molecule has 38 heavy (non-hydrogen) atoms. The Hall–Kier alpha value is -3.53. The van der Waals surface area contributed by atoms with E-state index >= 15 is 0 Å². The molecule has 190 valence electrons. The van der Waals surface area contributed by atoms with Crippen molar-refractivity contribution in [2.75, 3.05) is 5.75 Å². The Bertz CT molecular complexity index is 1630. The lowest BCUT2D eigenvalue weighted by atomic mass is 9.97. The highest BCUT2D eigenvalue weighted by molar-refractivity contribution is 8.00. The van der Waals surface area contributed by atoms with Gasteiger partial charge in [0.25, 0.3) is 0 Å². The number of hydrazone groups is 1. The monoisotopic (exact) mass is 558 g/mol. The van der Waals surface area contributed by atoms with Gasteiger partial charge >= 0.3 is 0 Å². The van der Waals surface area contributed by atoms with Crippen LogP contribution in [0.2, 0.25) is 5.02 Å². The van der Waals surface area contributed by atoms with Crippen LogP contribution in [0.5, 0.6) is 0 Å². The number of hydrogen-bond donors (Lipinski definition) is 1. The number of carbonyl (C=O) groups excluding carboxylic acids is 1. The van der Waals surface area contributed by atoms with E-state index in [1.165, 1.54) is 35.0 Å². The van der Waals surface area contributed by atoms with Gasteiger partial charge in [0.1, 0.15) is 21.9 Å². The summed E-state index contributed by atoms with van der Waals surface area (Å²) in [5.74, 6) is -0.00558. The molecule has 1 amide bonds. The summed E-state index contributed by atoms with van der Waals surface area (Å²) in [5.41, 5.74) is 7.39. The van der Waals surface area contributed by atoms with Crippen LogP contribution in [0.4, 0.5) is 0 Å². The summed E-state index contributed by atoms with van der Waals surface area (Å²) >= 11 is 9.27. The minimum absolute atomic E-state index is 0.205. The summed E-state index contributed by atoms with van der Waals surface area (Å²) in [4.78, 5) is 24.0. The number of amides is 1. The average molecular weight is 559 g/mol. The molecule has 0 spiro atoms. The van der Waals surface area contributed by atoms with Gasteiger partial charge in [-0.2, -0.15) is 10.2 Å². The molecule has 2 aromatic carbocycles. The fourth-order valence-corrected chi connectivity index (χ4v) is 6.79. The van der Waals surface area contributed by atoms with E-state index in [0.717, 1.165) is 44.9 Å². The Labute approximate surface area is 233 Å². The van der Waals surface area contributed by atoms with Gasteiger partial charge in [-0.1, -0.05) is 53.7 Å². The Morgan fingerprint density at radius 3 is 2.76 bits per heavy atom. The number of aryl methyl sites for hydroxylation is 2. The molecule has 0 fully saturated rings. The number of halogens is 1. The molecular formula is C28H23ClN6OS2. The summed E-state index contributed by atoms with van der Waals surface area (Å²) in [6.07, 6.45) is 9.67. The first-order chi connectivity index (χ1) is 18.7. The molecule has 0 saturated heterocycles. The van der Waals surface area contributed by atoms with Crippen LogP contribution in [0.3, 0.4) is 0 Å². The number of rotatable bonds is 7. The molecule has 0 saturated carbocycles. The van der Waals surface area contributed by atoms with Gasteiger partial charge in [0.05, 0.1) is 17.7 Å². The maximum absolute atomic E-state index is 12.7. The Morgan fingerprint density at radius 1 is 1.11 bits per heavy atom. The smallest absolute Gasteiger partial charge is 0.250 e. The van der Waals surface area contributed by atoms with Crippen molar-refractivity contribution in [1.82, 2.24) is 25.2 Å². The largest absolute Gasteiger partial charge is 0.272 e. The molecule has 0 atom stereocenters. The van der Waals surface area contributed by atoms with Crippen LogP contribution in [-0.2, 0) is 17.6 Å². The van der Waals surface area contributed by atoms with Gasteiger partial charge in [0, 0.05) is 27.0 Å². The van der Waals surface area contributed by atoms with Crippen LogP contribution in [-0.4, -0.2) is 37.6 Å². The molecule has 3 heterocycles. The molecule has 1 N–H and O–H groups in total. The molecule has 6 rings (SSSR count). The zero-order chi connectivity index (χ0) is 25.9. The maximum Gasteiger partial charge on any atom is 0.250 e. The molecule has 0 unspecified atom stereocenters. The van der Waals surface area contributed by atoms with E-state index in [9.17, 15) is 4.79 Å². The first-order valence-corrected chi connectivity index (χ1v) is 14.4. The number of nitrogens with zero attached hydrogens (tertiary/aromatic N) is 5. The molecule has 7 nitrogen and oxygen atoms in total. The van der Waals surface area contributed by atoms with Crippen molar-refractivity contribution in [2.24, 2.45) is 5.10 Å². The summed E-state index contributed by atoms with van der Waals surface area (Å²) in [5, 5.41) is 11.6. The van der Waals surface area contributed by atoms with E-state index in [1.54, 1.807) is 28.6 Å². The molecule has 1 aliphatic carbocycles. The van der Waals surface area contributed by atoms with Crippen LogP contribution in [0.15, 0.2) is 77.2 Å². The lowest BCUT2D eigenvalue weighted by Crippen LogP contribution is -2.19. The second-order valence-corrected chi connectivity index (χ2v) is 11.4. The molecular weight excluding hydrogens is 536 g/mol. The molecule has 0 bridgehead atoms. The summed E-state index contributed by atoms with van der Waals surface area (Å²) < 4.78 is 1.80. The van der Waals surface area contributed by atoms with Crippen LogP contribution in [0, 0.1) is 0 Å². The van der Waals surface area contributed by atoms with Crippen molar-refractivity contribution >= 4 is 57.0 Å². The highest BCUT2D eigenvalue weighted by Gasteiger charge is 2.20. The second kappa shape index (κ2) is 11.1. The number of benzene rings is 2. The van der Waals surface area contributed by atoms with Gasteiger partial charge < -0.3 is 0 Å². The van der Waals surface area contributed by atoms with Gasteiger partial charge in [0.2, 0.25) is 5.91 Å². The number of aromatic nitrogens is 4. The van der Waals surface area contributed by atoms with Crippen molar-refractivity contribution in [3.05, 3.63) is 88.3 Å². The first-order valence-electron chi connectivity index (χ1n) is 12.3. The molecule has 0 aliphatic heterocycles. The Balaban J connectivity index is 1.18. The lowest BCUT2D eigenvalue weighted by molar-refractivity contribution is -0.118. The van der Waals surface area contributed by atoms with Gasteiger partial charge in [-0.3, -0.25) is 4.79 Å². The quantitative estimate of drug-likeness (QED) is 0.109. The normalized spacial score (nSPS) is 13.2. The third-order valence-electron chi connectivity index (χ3n) is 6.35. The van der Waals surface area contributed by atoms with Crippen molar-refractivity contribution in [3.63, 3.8) is 0 Å². The number of hydrogen-bond acceptors (Lipinski definition) is 7. The third-order valence-corrected chi connectivity index (χ3v) is 8.79. The van der Waals surface area contributed by atoms with Gasteiger partial charge in [-0.05, 0) is 61.1 Å². The number of fused-ring (bicyclic) bond motifs is 3. The second-order valence-electron chi connectivity index (χ2n) is 8.87. The van der Waals surface area contributed by atoms with E-state index in [1.807, 2.05) is 60.8 Å². The number of nitrogens with one attached hydrogen (secondary N) is 1. The highest BCUT2D eigenvalue weighted by Crippen LogP contribution is 2.39. The topological polar surface area (TPSA) is 85.1 Å². The first kappa shape index (κ1) is 24.8. The fraction of sp³-hybridized carbons (Fsp3) is 0.179. The van der Waals surface area contributed by atoms with Crippen LogP contribution in [0.25, 0.3) is 27.0 Å². The van der Waals surface area contributed by atoms with Crippen molar-refractivity contribution in [3.8, 4) is 16.8 Å². The number of thioether (sulfide) groups is 1. The summed E-state index contributed by atoms with van der Waals surface area (Å²) in [6.45, 7) is 0. The number of thiophene rings is 1. The fourth-order valence-electron chi connectivity index (χ4n) is 4.55. The van der Waals surface area contributed by atoms with Crippen molar-refractivity contribution in [1.29, 1.82) is 0 Å². The van der Waals surface area contributed by atoms with Crippen LogP contribution in [0.1, 0.15) is 29.0 Å². The van der Waals surface area contributed by atoms with Gasteiger partial charge in [0.15, 0.2) is 0 Å². The minimum atomic E-state index is -0.211. The molecule has 1 aliphatic rings. The standard InChI is InChI=1S/C28H23ClN6OS2/c29-19-12-10-18(11-13-19)22-15-35(20-6-2-1-3-7-20)34-23(22)14-32-33-25(36)16-37-27-26-21-8-4-5-9-24(21)38-28(26)31-17-30-27/h1-3,6-7,10-15,17H,4-5,8-9,16H2,(H,33,36). The minimum Gasteiger partial charge on any atom is -0.272 e. The van der Waals surface area contributed by atoms with Crippen LogP contribution >= 0.6 is 34.7 Å². The van der Waals surface area contributed by atoms with E-state index < -0.39 is 0 Å². The average Bonchev–Trinajstić information content (AvgIpc) is 3.55. The van der Waals surface area contributed by atoms with E-state index in [4.69, 9.17) is 16.7 Å². The maximum atomic E-state index is 12.7. The Morgan fingerprint density at radius 2 is 1.92 bits per heavy atom. The van der Waals surface area contributed by atoms with E-state index in [-0.39, 0.29) is 11.7 Å². The Kier molecular flexibility index (Phi) is 7.22. The van der Waals surface area contributed by atoms with E-state index in [0.29, 0.717) is 10.7 Å². The zero-order valence-electron chi connectivity index (χ0n) is 20.3. The molecule has 0 radical (unpaired) electrons. The summed E-state index contributed by atoms with van der Waals surface area (Å²) in [6, 6.07) is 17.4. The molecule has 5 aromatic rings. The number of para-hydroxylation sites is 1. The lowest BCUT2D eigenvalue weighted by Gasteiger charge is -2.11. The molecule has 10 heteroatoms. The van der Waals surface area contributed by atoms with Crippen molar-refractivity contribution < 1.29 is 4.79 Å². The van der Waals surface area contributed by atoms with Gasteiger partial charge in [-0.15, -0.1) is 11.3 Å². The zero-order valence-corrected chi connectivity index (χ0v) is 22.7. The third kappa shape index (κ3) is 5.22. The van der Waals surface area contributed by atoms with E-state index in [2.05, 4.69) is 20.5 Å². The predicted octanol–water partition coefficient (Wildman–Crippen LogP) is 6.32. The number of carbonyl (C=O) groups is 1. The van der Waals surface area contributed by atoms with Crippen LogP contribution < -0.4 is 5.43 Å². The van der Waals surface area contributed by atoms with Crippen molar-refractivity contribution in [2.45, 2.75) is 30.7 Å².